The number of urea groups is 1. The number of thiazole rings is 1. The monoisotopic (exact) mass is 225 g/mol. The highest BCUT2D eigenvalue weighted by Gasteiger charge is 2.35. The lowest BCUT2D eigenvalue weighted by molar-refractivity contribution is -0.126. The molecular formula is C9H11N3O2S. The molecule has 15 heavy (non-hydrogen) atoms. The van der Waals surface area contributed by atoms with Gasteiger partial charge in [-0.15, -0.1) is 11.3 Å². The molecule has 3 amide bonds. The van der Waals surface area contributed by atoms with Crippen LogP contribution in [0.5, 0.6) is 0 Å². The van der Waals surface area contributed by atoms with E-state index in [9.17, 15) is 9.59 Å². The van der Waals surface area contributed by atoms with Gasteiger partial charge in [-0.05, 0) is 6.42 Å². The summed E-state index contributed by atoms with van der Waals surface area (Å²) in [4.78, 5) is 28.4. The number of nitrogens with zero attached hydrogens (tertiary/aromatic N) is 2. The molecule has 2 rings (SSSR count). The first kappa shape index (κ1) is 10.1. The predicted molar refractivity (Wildman–Crippen MR) is 55.4 cm³/mol. The molecule has 0 bridgehead atoms. The zero-order valence-electron chi connectivity index (χ0n) is 8.27. The van der Waals surface area contributed by atoms with Gasteiger partial charge in [0.25, 0.3) is 5.91 Å². The number of hydrogen-bond donors (Lipinski definition) is 1. The van der Waals surface area contributed by atoms with E-state index < -0.39 is 0 Å². The largest absolute Gasteiger partial charge is 0.329 e. The summed E-state index contributed by atoms with van der Waals surface area (Å²) in [7, 11) is 0. The minimum Gasteiger partial charge on any atom is -0.329 e. The van der Waals surface area contributed by atoms with E-state index in [0.717, 1.165) is 5.01 Å². The van der Waals surface area contributed by atoms with Crippen LogP contribution in [0.15, 0.2) is 11.6 Å². The van der Waals surface area contributed by atoms with Crippen LogP contribution in [0, 0.1) is 0 Å². The number of aromatic nitrogens is 1. The first-order chi connectivity index (χ1) is 7.24. The Morgan fingerprint density at radius 2 is 2.47 bits per heavy atom. The summed E-state index contributed by atoms with van der Waals surface area (Å²) < 4.78 is 0. The first-order valence-electron chi connectivity index (χ1n) is 4.73. The third-order valence-electron chi connectivity index (χ3n) is 2.31. The van der Waals surface area contributed by atoms with Gasteiger partial charge in [0.2, 0.25) is 0 Å². The molecule has 6 heteroatoms. The van der Waals surface area contributed by atoms with Crippen molar-refractivity contribution < 1.29 is 9.59 Å². The van der Waals surface area contributed by atoms with E-state index >= 15 is 0 Å². The van der Waals surface area contributed by atoms with E-state index in [1.807, 2.05) is 12.3 Å². The molecule has 1 saturated heterocycles. The SMILES string of the molecule is CCC(c1nccs1)N1C(=O)CNC1=O. The Bertz CT molecular complexity index is 361. The fraction of sp³-hybridized carbons (Fsp3) is 0.444. The summed E-state index contributed by atoms with van der Waals surface area (Å²) in [5.41, 5.74) is 0. The van der Waals surface area contributed by atoms with Crippen molar-refractivity contribution in [1.29, 1.82) is 0 Å². The Labute approximate surface area is 91.1 Å². The minimum atomic E-state index is -0.318. The molecule has 1 atom stereocenters. The van der Waals surface area contributed by atoms with Crippen molar-refractivity contribution in [1.82, 2.24) is 15.2 Å². The van der Waals surface area contributed by atoms with Gasteiger partial charge in [-0.3, -0.25) is 9.69 Å². The number of hydrogen-bond acceptors (Lipinski definition) is 4. The van der Waals surface area contributed by atoms with E-state index in [1.165, 1.54) is 16.2 Å². The summed E-state index contributed by atoms with van der Waals surface area (Å²) >= 11 is 1.46. The van der Waals surface area contributed by atoms with E-state index in [0.29, 0.717) is 6.42 Å². The number of nitrogens with one attached hydrogen (secondary N) is 1. The van der Waals surface area contributed by atoms with Crippen molar-refractivity contribution in [3.05, 3.63) is 16.6 Å². The van der Waals surface area contributed by atoms with Gasteiger partial charge in [0, 0.05) is 11.6 Å². The number of amides is 3. The van der Waals surface area contributed by atoms with Gasteiger partial charge in [0.1, 0.15) is 5.01 Å². The maximum Gasteiger partial charge on any atom is 0.325 e. The van der Waals surface area contributed by atoms with Crippen LogP contribution in [0.3, 0.4) is 0 Å². The lowest BCUT2D eigenvalue weighted by Crippen LogP contribution is -2.34. The standard InChI is InChI=1S/C9H11N3O2S/c1-2-6(8-10-3-4-15-8)12-7(13)5-11-9(12)14/h3-4,6H,2,5H2,1H3,(H,11,14). The van der Waals surface area contributed by atoms with E-state index in [2.05, 4.69) is 10.3 Å². The molecular weight excluding hydrogens is 214 g/mol. The molecule has 1 aromatic rings. The predicted octanol–water partition coefficient (Wildman–Crippen LogP) is 1.15. The molecule has 1 aliphatic heterocycles. The fourth-order valence-electron chi connectivity index (χ4n) is 1.62. The average molecular weight is 225 g/mol. The molecule has 0 saturated carbocycles. The normalized spacial score (nSPS) is 18.1. The van der Waals surface area contributed by atoms with Crippen molar-refractivity contribution in [2.24, 2.45) is 0 Å². The highest BCUT2D eigenvalue weighted by atomic mass is 32.1. The second-order valence-corrected chi connectivity index (χ2v) is 4.14. The van der Waals surface area contributed by atoms with Crippen molar-refractivity contribution >= 4 is 23.3 Å². The quantitative estimate of drug-likeness (QED) is 0.785. The van der Waals surface area contributed by atoms with Gasteiger partial charge in [-0.25, -0.2) is 9.78 Å². The average Bonchev–Trinajstić information content (AvgIpc) is 2.83. The van der Waals surface area contributed by atoms with E-state index in [1.54, 1.807) is 6.20 Å². The molecule has 1 unspecified atom stereocenters. The summed E-state index contributed by atoms with van der Waals surface area (Å²) in [5, 5.41) is 5.16. The summed E-state index contributed by atoms with van der Waals surface area (Å²) in [6, 6.07) is -0.540. The van der Waals surface area contributed by atoms with Crippen LogP contribution in [0.25, 0.3) is 0 Å². The van der Waals surface area contributed by atoms with Gasteiger partial charge in [0.15, 0.2) is 0 Å². The van der Waals surface area contributed by atoms with E-state index in [4.69, 9.17) is 0 Å². The van der Waals surface area contributed by atoms with Crippen LogP contribution in [-0.2, 0) is 4.79 Å². The zero-order valence-corrected chi connectivity index (χ0v) is 9.08. The lowest BCUT2D eigenvalue weighted by Gasteiger charge is -2.21. The van der Waals surface area contributed by atoms with Gasteiger partial charge in [0.05, 0.1) is 12.6 Å². The third kappa shape index (κ3) is 1.72. The van der Waals surface area contributed by atoms with Crippen molar-refractivity contribution in [3.8, 4) is 0 Å². The highest BCUT2D eigenvalue weighted by Crippen LogP contribution is 2.27. The third-order valence-corrected chi connectivity index (χ3v) is 3.19. The molecule has 1 fully saturated rings. The lowest BCUT2D eigenvalue weighted by atomic mass is 10.2. The summed E-state index contributed by atoms with van der Waals surface area (Å²) in [5.74, 6) is -0.179. The highest BCUT2D eigenvalue weighted by molar-refractivity contribution is 7.09. The van der Waals surface area contributed by atoms with Crippen LogP contribution in [-0.4, -0.2) is 28.4 Å². The fourth-order valence-corrected chi connectivity index (χ4v) is 2.43. The number of imide groups is 1. The second kappa shape index (κ2) is 3.98. The van der Waals surface area contributed by atoms with Gasteiger partial charge < -0.3 is 5.32 Å². The van der Waals surface area contributed by atoms with Crippen LogP contribution in [0.4, 0.5) is 4.79 Å². The van der Waals surface area contributed by atoms with Crippen LogP contribution < -0.4 is 5.32 Å². The molecule has 1 aromatic heterocycles. The Hall–Kier alpha value is -1.43. The maximum atomic E-state index is 11.5. The molecule has 1 aliphatic rings. The molecule has 1 N–H and O–H groups in total. The minimum absolute atomic E-state index is 0.0979. The number of carbonyl (C=O) groups excluding carboxylic acids is 2. The summed E-state index contributed by atoms with van der Waals surface area (Å²) in [6.45, 7) is 2.03. The molecule has 0 aliphatic carbocycles. The van der Waals surface area contributed by atoms with Crippen LogP contribution >= 0.6 is 11.3 Å². The van der Waals surface area contributed by atoms with Crippen LogP contribution in [0.1, 0.15) is 24.4 Å². The molecule has 5 nitrogen and oxygen atoms in total. The Morgan fingerprint density at radius 3 is 2.93 bits per heavy atom. The van der Waals surface area contributed by atoms with Gasteiger partial charge in [-0.1, -0.05) is 6.92 Å². The van der Waals surface area contributed by atoms with Crippen LogP contribution in [0.2, 0.25) is 0 Å². The van der Waals surface area contributed by atoms with Gasteiger partial charge in [-0.2, -0.15) is 0 Å². The first-order valence-corrected chi connectivity index (χ1v) is 5.61. The smallest absolute Gasteiger partial charge is 0.325 e. The molecule has 0 radical (unpaired) electrons. The summed E-state index contributed by atoms with van der Waals surface area (Å²) in [6.07, 6.45) is 2.37. The Balaban J connectivity index is 2.27. The van der Waals surface area contributed by atoms with Crippen molar-refractivity contribution in [3.63, 3.8) is 0 Å². The number of carbonyl (C=O) groups is 2. The van der Waals surface area contributed by atoms with Gasteiger partial charge >= 0.3 is 6.03 Å². The van der Waals surface area contributed by atoms with Crippen molar-refractivity contribution in [2.75, 3.05) is 6.54 Å². The van der Waals surface area contributed by atoms with E-state index in [-0.39, 0.29) is 24.5 Å². The zero-order chi connectivity index (χ0) is 10.8. The second-order valence-electron chi connectivity index (χ2n) is 3.22. The maximum absolute atomic E-state index is 11.5. The molecule has 2 heterocycles. The number of rotatable bonds is 3. The Morgan fingerprint density at radius 1 is 1.67 bits per heavy atom. The Kier molecular flexibility index (Phi) is 2.68. The van der Waals surface area contributed by atoms with Crippen molar-refractivity contribution in [2.45, 2.75) is 19.4 Å². The molecule has 0 spiro atoms. The topological polar surface area (TPSA) is 62.3 Å². The molecule has 0 aromatic carbocycles. The molecule has 80 valence electrons.